The Bertz CT molecular complexity index is 355. The zero-order valence-corrected chi connectivity index (χ0v) is 11.5. The molecule has 0 radical (unpaired) electrons. The number of benzene rings is 1. The normalized spacial score (nSPS) is 12.8. The van der Waals surface area contributed by atoms with E-state index in [1.165, 1.54) is 0 Å². The van der Waals surface area contributed by atoms with Crippen molar-refractivity contribution in [3.05, 3.63) is 28.8 Å². The van der Waals surface area contributed by atoms with Gasteiger partial charge in [-0.3, -0.25) is 0 Å². The molecule has 1 atom stereocenters. The van der Waals surface area contributed by atoms with Crippen molar-refractivity contribution in [2.24, 2.45) is 5.73 Å². The molecule has 1 aromatic rings. The van der Waals surface area contributed by atoms with Gasteiger partial charge in [0.05, 0.1) is 6.61 Å². The Hall–Kier alpha value is -0.770. The highest BCUT2D eigenvalue weighted by Gasteiger charge is 2.09. The van der Waals surface area contributed by atoms with Gasteiger partial charge in [-0.15, -0.1) is 0 Å². The Balaban J connectivity index is 2.45. The van der Waals surface area contributed by atoms with E-state index in [1.54, 1.807) is 0 Å². The van der Waals surface area contributed by atoms with Gasteiger partial charge in [-0.05, 0) is 51.2 Å². The molecule has 0 fully saturated rings. The summed E-state index contributed by atoms with van der Waals surface area (Å²) in [5, 5.41) is 0.739. The van der Waals surface area contributed by atoms with E-state index in [0.29, 0.717) is 19.2 Å². The topological polar surface area (TPSA) is 38.5 Å². The first-order chi connectivity index (χ1) is 8.04. The highest BCUT2D eigenvalue weighted by Crippen LogP contribution is 2.21. The van der Waals surface area contributed by atoms with Crippen LogP contribution in [0.2, 0.25) is 5.02 Å². The summed E-state index contributed by atoms with van der Waals surface area (Å²) in [7, 11) is 4.07. The van der Waals surface area contributed by atoms with Crippen LogP contribution in [0.5, 0.6) is 5.75 Å². The Morgan fingerprint density at radius 1 is 1.41 bits per heavy atom. The third kappa shape index (κ3) is 4.54. The standard InChI is InChI=1S/C13H21ClN2O/c1-10-8-11(14)4-5-13(10)17-7-6-12(9-15)16(2)3/h4-5,8,12H,6-7,9,15H2,1-3H3. The molecule has 1 unspecified atom stereocenters. The van der Waals surface area contributed by atoms with Gasteiger partial charge in [0.2, 0.25) is 0 Å². The molecule has 3 nitrogen and oxygen atoms in total. The second kappa shape index (κ2) is 6.84. The molecule has 0 amide bonds. The lowest BCUT2D eigenvalue weighted by atomic mass is 10.2. The SMILES string of the molecule is Cc1cc(Cl)ccc1OCCC(CN)N(C)C. The molecule has 0 saturated carbocycles. The van der Waals surface area contributed by atoms with Crippen molar-refractivity contribution in [3.63, 3.8) is 0 Å². The molecule has 4 heteroatoms. The number of hydrogen-bond donors (Lipinski definition) is 1. The maximum Gasteiger partial charge on any atom is 0.122 e. The number of likely N-dealkylation sites (N-methyl/N-ethyl adjacent to an activating group) is 1. The molecule has 0 bridgehead atoms. The van der Waals surface area contributed by atoms with Gasteiger partial charge >= 0.3 is 0 Å². The molecule has 1 aromatic carbocycles. The van der Waals surface area contributed by atoms with Crippen LogP contribution in [0, 0.1) is 6.92 Å². The number of hydrogen-bond acceptors (Lipinski definition) is 3. The smallest absolute Gasteiger partial charge is 0.122 e. The highest BCUT2D eigenvalue weighted by atomic mass is 35.5. The zero-order valence-electron chi connectivity index (χ0n) is 10.7. The largest absolute Gasteiger partial charge is 0.493 e. The fourth-order valence-corrected chi connectivity index (χ4v) is 1.89. The minimum absolute atomic E-state index is 0.364. The van der Waals surface area contributed by atoms with Crippen LogP contribution in [0.3, 0.4) is 0 Å². The number of halogens is 1. The number of aryl methyl sites for hydroxylation is 1. The summed E-state index contributed by atoms with van der Waals surface area (Å²) in [4.78, 5) is 2.12. The fraction of sp³-hybridized carbons (Fsp3) is 0.538. The van der Waals surface area contributed by atoms with Crippen LogP contribution in [-0.4, -0.2) is 38.2 Å². The highest BCUT2D eigenvalue weighted by molar-refractivity contribution is 6.30. The lowest BCUT2D eigenvalue weighted by Gasteiger charge is -2.22. The average Bonchev–Trinajstić information content (AvgIpc) is 2.26. The van der Waals surface area contributed by atoms with Gasteiger partial charge in [0.1, 0.15) is 5.75 Å². The molecule has 0 aliphatic heterocycles. The van der Waals surface area contributed by atoms with Crippen molar-refractivity contribution in [2.45, 2.75) is 19.4 Å². The first-order valence-corrected chi connectivity index (χ1v) is 6.18. The molecule has 0 aromatic heterocycles. The summed E-state index contributed by atoms with van der Waals surface area (Å²) in [5.41, 5.74) is 6.75. The number of nitrogens with zero attached hydrogens (tertiary/aromatic N) is 1. The molecule has 0 saturated heterocycles. The third-order valence-electron chi connectivity index (χ3n) is 2.85. The Morgan fingerprint density at radius 2 is 2.12 bits per heavy atom. The average molecular weight is 257 g/mol. The predicted octanol–water partition coefficient (Wildman–Crippen LogP) is 2.31. The summed E-state index contributed by atoms with van der Waals surface area (Å²) in [5.74, 6) is 0.893. The van der Waals surface area contributed by atoms with E-state index in [9.17, 15) is 0 Å². The van der Waals surface area contributed by atoms with Crippen LogP contribution in [-0.2, 0) is 0 Å². The first kappa shape index (κ1) is 14.3. The van der Waals surface area contributed by atoms with E-state index in [2.05, 4.69) is 4.90 Å². The Kier molecular flexibility index (Phi) is 5.75. The van der Waals surface area contributed by atoms with Gasteiger partial charge in [0.15, 0.2) is 0 Å². The van der Waals surface area contributed by atoms with Crippen LogP contribution >= 0.6 is 11.6 Å². The summed E-state index contributed by atoms with van der Waals surface area (Å²) in [6.07, 6.45) is 0.922. The number of rotatable bonds is 6. The van der Waals surface area contributed by atoms with E-state index >= 15 is 0 Å². The lowest BCUT2D eigenvalue weighted by molar-refractivity contribution is 0.225. The second-order valence-electron chi connectivity index (χ2n) is 4.40. The Labute approximate surface area is 109 Å². The summed E-state index contributed by atoms with van der Waals surface area (Å²) < 4.78 is 5.73. The van der Waals surface area contributed by atoms with Crippen LogP contribution < -0.4 is 10.5 Å². The van der Waals surface area contributed by atoms with Gasteiger partial charge in [-0.2, -0.15) is 0 Å². The molecule has 0 aliphatic rings. The summed E-state index contributed by atoms with van der Waals surface area (Å²) >= 11 is 5.89. The van der Waals surface area contributed by atoms with E-state index in [0.717, 1.165) is 22.8 Å². The van der Waals surface area contributed by atoms with E-state index in [4.69, 9.17) is 22.1 Å². The molecule has 0 spiro atoms. The van der Waals surface area contributed by atoms with E-state index < -0.39 is 0 Å². The van der Waals surface area contributed by atoms with Crippen LogP contribution in [0.15, 0.2) is 18.2 Å². The van der Waals surface area contributed by atoms with Crippen molar-refractivity contribution in [2.75, 3.05) is 27.2 Å². The van der Waals surface area contributed by atoms with Gasteiger partial charge in [0.25, 0.3) is 0 Å². The number of nitrogens with two attached hydrogens (primary N) is 1. The van der Waals surface area contributed by atoms with Crippen LogP contribution in [0.25, 0.3) is 0 Å². The van der Waals surface area contributed by atoms with Crippen molar-refractivity contribution in [1.82, 2.24) is 4.90 Å². The predicted molar refractivity (Wildman–Crippen MR) is 72.8 cm³/mol. The van der Waals surface area contributed by atoms with Gasteiger partial charge in [-0.25, -0.2) is 0 Å². The summed E-state index contributed by atoms with van der Waals surface area (Å²) in [6.45, 7) is 3.31. The molecule has 2 N–H and O–H groups in total. The lowest BCUT2D eigenvalue weighted by Crippen LogP contribution is -2.36. The van der Waals surface area contributed by atoms with Crippen molar-refractivity contribution >= 4 is 11.6 Å². The first-order valence-electron chi connectivity index (χ1n) is 5.80. The zero-order chi connectivity index (χ0) is 12.8. The van der Waals surface area contributed by atoms with Crippen molar-refractivity contribution < 1.29 is 4.74 Å². The Morgan fingerprint density at radius 3 is 2.65 bits per heavy atom. The van der Waals surface area contributed by atoms with Gasteiger partial charge in [0, 0.05) is 17.6 Å². The van der Waals surface area contributed by atoms with Crippen molar-refractivity contribution in [1.29, 1.82) is 0 Å². The maximum atomic E-state index is 5.89. The van der Waals surface area contributed by atoms with Gasteiger partial charge < -0.3 is 15.4 Å². The summed E-state index contributed by atoms with van der Waals surface area (Å²) in [6, 6.07) is 6.02. The molecule has 1 rings (SSSR count). The fourth-order valence-electron chi connectivity index (χ4n) is 1.67. The monoisotopic (exact) mass is 256 g/mol. The van der Waals surface area contributed by atoms with Crippen molar-refractivity contribution in [3.8, 4) is 5.75 Å². The molecule has 0 aliphatic carbocycles. The second-order valence-corrected chi connectivity index (χ2v) is 4.84. The minimum Gasteiger partial charge on any atom is -0.493 e. The molecule has 96 valence electrons. The van der Waals surface area contributed by atoms with Gasteiger partial charge in [-0.1, -0.05) is 11.6 Å². The third-order valence-corrected chi connectivity index (χ3v) is 3.08. The molecule has 17 heavy (non-hydrogen) atoms. The number of ether oxygens (including phenoxy) is 1. The molecule has 0 heterocycles. The maximum absolute atomic E-state index is 5.89. The van der Waals surface area contributed by atoms with E-state index in [-0.39, 0.29) is 0 Å². The molecular formula is C13H21ClN2O. The van der Waals surface area contributed by atoms with Crippen LogP contribution in [0.4, 0.5) is 0 Å². The van der Waals surface area contributed by atoms with E-state index in [1.807, 2.05) is 39.2 Å². The minimum atomic E-state index is 0.364. The van der Waals surface area contributed by atoms with Crippen LogP contribution in [0.1, 0.15) is 12.0 Å². The quantitative estimate of drug-likeness (QED) is 0.849. The molecular weight excluding hydrogens is 236 g/mol.